The van der Waals surface area contributed by atoms with Gasteiger partial charge in [-0.15, -0.1) is 0 Å². The molecule has 82 valence electrons. The minimum atomic E-state index is 0.197. The molecule has 1 aliphatic heterocycles. The molecule has 0 saturated carbocycles. The highest BCUT2D eigenvalue weighted by Crippen LogP contribution is 2.41. The third-order valence-electron chi connectivity index (χ3n) is 4.26. The van der Waals surface area contributed by atoms with Crippen LogP contribution in [0.5, 0.6) is 0 Å². The number of benzene rings is 1. The Morgan fingerprint density at radius 1 is 1.07 bits per heavy atom. The van der Waals surface area contributed by atoms with E-state index in [0.717, 1.165) is 6.54 Å². The Labute approximate surface area is 92.9 Å². The van der Waals surface area contributed by atoms with Crippen molar-refractivity contribution in [2.45, 2.75) is 45.1 Å². The zero-order valence-corrected chi connectivity index (χ0v) is 10.2. The number of aryl methyl sites for hydroxylation is 1. The van der Waals surface area contributed by atoms with E-state index >= 15 is 0 Å². The summed E-state index contributed by atoms with van der Waals surface area (Å²) in [7, 11) is 0. The van der Waals surface area contributed by atoms with Crippen LogP contribution in [0.1, 0.15) is 38.3 Å². The summed E-state index contributed by atoms with van der Waals surface area (Å²) in [6, 6.07) is 9.00. The first-order valence-electron chi connectivity index (χ1n) is 5.78. The molecule has 15 heavy (non-hydrogen) atoms. The van der Waals surface area contributed by atoms with Crippen LogP contribution >= 0.6 is 0 Å². The molecule has 1 heteroatoms. The summed E-state index contributed by atoms with van der Waals surface area (Å²) in [4.78, 5) is 0. The van der Waals surface area contributed by atoms with Crippen molar-refractivity contribution in [1.82, 2.24) is 5.32 Å². The van der Waals surface area contributed by atoms with E-state index in [0.29, 0.717) is 0 Å². The van der Waals surface area contributed by atoms with Crippen LogP contribution in [0, 0.1) is 6.92 Å². The molecule has 2 rings (SSSR count). The van der Waals surface area contributed by atoms with Crippen molar-refractivity contribution >= 4 is 0 Å². The van der Waals surface area contributed by atoms with Crippen molar-refractivity contribution in [1.29, 1.82) is 0 Å². The molecule has 0 amide bonds. The highest BCUT2D eigenvalue weighted by Gasteiger charge is 2.45. The van der Waals surface area contributed by atoms with Crippen molar-refractivity contribution in [2.75, 3.05) is 6.54 Å². The van der Waals surface area contributed by atoms with Gasteiger partial charge in [0.15, 0.2) is 0 Å². The summed E-state index contributed by atoms with van der Waals surface area (Å²) in [5, 5.41) is 3.60. The van der Waals surface area contributed by atoms with Crippen LogP contribution < -0.4 is 5.32 Å². The van der Waals surface area contributed by atoms with Gasteiger partial charge in [0.2, 0.25) is 0 Å². The van der Waals surface area contributed by atoms with Crippen LogP contribution in [-0.4, -0.2) is 12.1 Å². The predicted molar refractivity (Wildman–Crippen MR) is 65.2 cm³/mol. The standard InChI is InChI=1S/C14H21N/c1-11-5-7-12(8-6-11)14(4)9-10-15-13(14,2)3/h5-8,15H,9-10H2,1-4H3. The fourth-order valence-electron chi connectivity index (χ4n) is 2.56. The summed E-state index contributed by atoms with van der Waals surface area (Å²) in [6.45, 7) is 10.2. The Bertz CT molecular complexity index is 350. The molecule has 1 atom stereocenters. The van der Waals surface area contributed by atoms with E-state index in [-0.39, 0.29) is 11.0 Å². The maximum atomic E-state index is 3.60. The second-order valence-electron chi connectivity index (χ2n) is 5.50. The van der Waals surface area contributed by atoms with E-state index < -0.39 is 0 Å². The van der Waals surface area contributed by atoms with Crippen molar-refractivity contribution in [2.24, 2.45) is 0 Å². The van der Waals surface area contributed by atoms with Gasteiger partial charge in [-0.1, -0.05) is 36.8 Å². The molecule has 0 radical (unpaired) electrons. The Hall–Kier alpha value is -0.820. The largest absolute Gasteiger partial charge is 0.311 e. The molecule has 0 bridgehead atoms. The molecule has 1 aromatic rings. The molecule has 1 saturated heterocycles. The SMILES string of the molecule is Cc1ccc(C2(C)CCNC2(C)C)cc1. The Kier molecular flexibility index (Phi) is 2.38. The van der Waals surface area contributed by atoms with Crippen LogP contribution in [0.15, 0.2) is 24.3 Å². The van der Waals surface area contributed by atoms with Crippen LogP contribution in [0.3, 0.4) is 0 Å². The van der Waals surface area contributed by atoms with E-state index in [1.807, 2.05) is 0 Å². The molecule has 1 aromatic carbocycles. The normalized spacial score (nSPS) is 29.3. The van der Waals surface area contributed by atoms with E-state index in [1.165, 1.54) is 17.5 Å². The van der Waals surface area contributed by atoms with Gasteiger partial charge in [0, 0.05) is 11.0 Å². The van der Waals surface area contributed by atoms with Gasteiger partial charge in [0.05, 0.1) is 0 Å². The van der Waals surface area contributed by atoms with Crippen LogP contribution in [-0.2, 0) is 5.41 Å². The summed E-state index contributed by atoms with van der Waals surface area (Å²) >= 11 is 0. The molecule has 0 aromatic heterocycles. The first kappa shape index (κ1) is 10.7. The summed E-state index contributed by atoms with van der Waals surface area (Å²) in [5.74, 6) is 0. The average molecular weight is 203 g/mol. The lowest BCUT2D eigenvalue weighted by Crippen LogP contribution is -2.47. The predicted octanol–water partition coefficient (Wildman–Crippen LogP) is 3.02. The molecule has 1 N–H and O–H groups in total. The fraction of sp³-hybridized carbons (Fsp3) is 0.571. The molecular formula is C14H21N. The summed E-state index contributed by atoms with van der Waals surface area (Å²) < 4.78 is 0. The first-order chi connectivity index (χ1) is 6.96. The Morgan fingerprint density at radius 3 is 2.13 bits per heavy atom. The second-order valence-corrected chi connectivity index (χ2v) is 5.50. The average Bonchev–Trinajstić information content (AvgIpc) is 2.43. The molecule has 1 heterocycles. The molecule has 1 aliphatic rings. The topological polar surface area (TPSA) is 12.0 Å². The van der Waals surface area contributed by atoms with Gasteiger partial charge in [0.25, 0.3) is 0 Å². The lowest BCUT2D eigenvalue weighted by atomic mass is 9.69. The van der Waals surface area contributed by atoms with Crippen LogP contribution in [0.25, 0.3) is 0 Å². The van der Waals surface area contributed by atoms with Gasteiger partial charge < -0.3 is 5.32 Å². The van der Waals surface area contributed by atoms with E-state index in [1.54, 1.807) is 0 Å². The molecule has 1 fully saturated rings. The van der Waals surface area contributed by atoms with Crippen LogP contribution in [0.2, 0.25) is 0 Å². The van der Waals surface area contributed by atoms with Crippen molar-refractivity contribution in [3.05, 3.63) is 35.4 Å². The first-order valence-corrected chi connectivity index (χ1v) is 5.78. The highest BCUT2D eigenvalue weighted by atomic mass is 15.0. The van der Waals surface area contributed by atoms with Crippen LogP contribution in [0.4, 0.5) is 0 Å². The van der Waals surface area contributed by atoms with E-state index in [2.05, 4.69) is 57.3 Å². The van der Waals surface area contributed by atoms with E-state index in [4.69, 9.17) is 0 Å². The minimum Gasteiger partial charge on any atom is -0.311 e. The molecular weight excluding hydrogens is 182 g/mol. The molecule has 1 unspecified atom stereocenters. The maximum absolute atomic E-state index is 3.60. The lowest BCUT2D eigenvalue weighted by Gasteiger charge is -2.38. The number of hydrogen-bond acceptors (Lipinski definition) is 1. The Morgan fingerprint density at radius 2 is 1.67 bits per heavy atom. The zero-order valence-electron chi connectivity index (χ0n) is 10.2. The van der Waals surface area contributed by atoms with Gasteiger partial charge in [0.1, 0.15) is 0 Å². The molecule has 1 nitrogen and oxygen atoms in total. The highest BCUT2D eigenvalue weighted by molar-refractivity contribution is 5.33. The number of nitrogens with one attached hydrogen (secondary N) is 1. The molecule has 0 aliphatic carbocycles. The summed E-state index contributed by atoms with van der Waals surface area (Å²) in [6.07, 6.45) is 1.23. The quantitative estimate of drug-likeness (QED) is 0.740. The minimum absolute atomic E-state index is 0.197. The van der Waals surface area contributed by atoms with Gasteiger partial charge in [-0.3, -0.25) is 0 Å². The smallest absolute Gasteiger partial charge is 0.0219 e. The third kappa shape index (κ3) is 1.59. The summed E-state index contributed by atoms with van der Waals surface area (Å²) in [5.41, 5.74) is 3.26. The number of rotatable bonds is 1. The third-order valence-corrected chi connectivity index (χ3v) is 4.26. The van der Waals surface area contributed by atoms with Crippen molar-refractivity contribution < 1.29 is 0 Å². The zero-order chi connectivity index (χ0) is 11.1. The second kappa shape index (κ2) is 3.34. The van der Waals surface area contributed by atoms with Gasteiger partial charge in [-0.25, -0.2) is 0 Å². The number of hydrogen-bond donors (Lipinski definition) is 1. The fourth-order valence-corrected chi connectivity index (χ4v) is 2.56. The van der Waals surface area contributed by atoms with Gasteiger partial charge in [-0.2, -0.15) is 0 Å². The van der Waals surface area contributed by atoms with Gasteiger partial charge >= 0.3 is 0 Å². The lowest BCUT2D eigenvalue weighted by molar-refractivity contribution is 0.297. The van der Waals surface area contributed by atoms with Crippen molar-refractivity contribution in [3.8, 4) is 0 Å². The monoisotopic (exact) mass is 203 g/mol. The maximum Gasteiger partial charge on any atom is 0.0219 e. The molecule has 0 spiro atoms. The Balaban J connectivity index is 2.41. The van der Waals surface area contributed by atoms with E-state index in [9.17, 15) is 0 Å². The van der Waals surface area contributed by atoms with Gasteiger partial charge in [-0.05, 0) is 39.3 Å². The van der Waals surface area contributed by atoms with Crippen molar-refractivity contribution in [3.63, 3.8) is 0 Å².